The zero-order valence-corrected chi connectivity index (χ0v) is 27.9. The van der Waals surface area contributed by atoms with Gasteiger partial charge in [-0.2, -0.15) is 13.5 Å². The highest BCUT2D eigenvalue weighted by Gasteiger charge is 2.58. The molecule has 6 rings (SSSR count). The molecule has 1 aliphatic heterocycles. The summed E-state index contributed by atoms with van der Waals surface area (Å²) < 4.78 is 36.1. The molecule has 2 heterocycles. The highest BCUT2D eigenvalue weighted by Crippen LogP contribution is 2.41. The normalized spacial score (nSPS) is 16.1. The highest BCUT2D eigenvalue weighted by molar-refractivity contribution is 7.80. The van der Waals surface area contributed by atoms with Gasteiger partial charge in [-0.25, -0.2) is 4.98 Å². The summed E-state index contributed by atoms with van der Waals surface area (Å²) in [6.07, 6.45) is 0. The molecule has 250 valence electrons. The van der Waals surface area contributed by atoms with Crippen LogP contribution in [0, 0.1) is 0 Å². The number of nitrogens with one attached hydrogen (secondary N) is 2. The molecule has 0 aliphatic carbocycles. The van der Waals surface area contributed by atoms with Crippen molar-refractivity contribution in [3.63, 3.8) is 0 Å². The number of thiazole rings is 1. The quantitative estimate of drug-likeness (QED) is 0.0526. The fourth-order valence-corrected chi connectivity index (χ4v) is 6.79. The minimum absolute atomic E-state index is 0.152. The lowest BCUT2D eigenvalue weighted by Crippen LogP contribution is -2.76. The van der Waals surface area contributed by atoms with Crippen LogP contribution in [0.2, 0.25) is 0 Å². The molecule has 1 saturated heterocycles. The summed E-state index contributed by atoms with van der Waals surface area (Å²) in [5.74, 6) is -1.35. The van der Waals surface area contributed by atoms with Crippen molar-refractivity contribution >= 4 is 44.4 Å². The second-order valence-electron chi connectivity index (χ2n) is 11.6. The third-order valence-corrected chi connectivity index (χ3v) is 9.08. The first-order valence-electron chi connectivity index (χ1n) is 15.0. The molecule has 1 aliphatic rings. The number of carbonyl (C=O) groups is 2. The van der Waals surface area contributed by atoms with Crippen LogP contribution < -0.4 is 15.5 Å². The zero-order chi connectivity index (χ0) is 34.6. The van der Waals surface area contributed by atoms with Crippen molar-refractivity contribution in [2.24, 2.45) is 5.16 Å². The van der Waals surface area contributed by atoms with Gasteiger partial charge in [-0.3, -0.25) is 14.1 Å². The largest absolute Gasteiger partial charge is 0.418 e. The van der Waals surface area contributed by atoms with E-state index in [-0.39, 0.29) is 11.4 Å². The molecule has 14 heteroatoms. The molecule has 0 saturated carbocycles. The molecule has 0 radical (unpaired) electrons. The minimum atomic E-state index is -4.98. The van der Waals surface area contributed by atoms with Crippen molar-refractivity contribution in [1.82, 2.24) is 15.4 Å². The van der Waals surface area contributed by atoms with E-state index < -0.39 is 39.3 Å². The van der Waals surface area contributed by atoms with Gasteiger partial charge in [-0.15, -0.1) is 15.6 Å². The van der Waals surface area contributed by atoms with Crippen molar-refractivity contribution in [3.05, 3.63) is 149 Å². The fourth-order valence-electron chi connectivity index (χ4n) is 5.58. The van der Waals surface area contributed by atoms with Gasteiger partial charge in [0, 0.05) is 5.38 Å². The van der Waals surface area contributed by atoms with Crippen molar-refractivity contribution in [2.45, 2.75) is 31.0 Å². The Balaban J connectivity index is 1.37. The van der Waals surface area contributed by atoms with Crippen LogP contribution >= 0.6 is 11.3 Å². The number of hydroxylamine groups is 2. The van der Waals surface area contributed by atoms with Gasteiger partial charge >= 0.3 is 10.4 Å². The number of anilines is 1. The highest BCUT2D eigenvalue weighted by atomic mass is 32.3. The summed E-state index contributed by atoms with van der Waals surface area (Å²) in [4.78, 5) is 37.0. The summed E-state index contributed by atoms with van der Waals surface area (Å²) in [7, 11) is -4.98. The lowest BCUT2D eigenvalue weighted by Gasteiger charge is -2.50. The second kappa shape index (κ2) is 13.6. The van der Waals surface area contributed by atoms with Gasteiger partial charge < -0.3 is 15.5 Å². The third kappa shape index (κ3) is 6.93. The maximum absolute atomic E-state index is 13.8. The summed E-state index contributed by atoms with van der Waals surface area (Å²) in [5.41, 5.74) is 0.526. The Bertz CT molecular complexity index is 1980. The number of rotatable bonds is 12. The van der Waals surface area contributed by atoms with Gasteiger partial charge in [0.1, 0.15) is 17.3 Å². The summed E-state index contributed by atoms with van der Waals surface area (Å²) in [6.45, 7) is 2.92. The van der Waals surface area contributed by atoms with E-state index in [2.05, 4.69) is 20.1 Å². The maximum Gasteiger partial charge on any atom is 0.418 e. The van der Waals surface area contributed by atoms with E-state index in [4.69, 9.17) is 14.4 Å². The van der Waals surface area contributed by atoms with E-state index in [1.807, 2.05) is 91.0 Å². The molecule has 2 amide bonds. The number of oxime groups is 1. The number of hydrogen-bond acceptors (Lipinski definition) is 10. The van der Waals surface area contributed by atoms with Gasteiger partial charge in [0.2, 0.25) is 0 Å². The van der Waals surface area contributed by atoms with Crippen molar-refractivity contribution in [2.75, 3.05) is 5.32 Å². The van der Waals surface area contributed by atoms with Crippen LogP contribution in [0.5, 0.6) is 5.75 Å². The van der Waals surface area contributed by atoms with Crippen molar-refractivity contribution < 1.29 is 31.7 Å². The van der Waals surface area contributed by atoms with Crippen molar-refractivity contribution in [1.29, 1.82) is 0 Å². The van der Waals surface area contributed by atoms with E-state index in [1.54, 1.807) is 35.7 Å². The van der Waals surface area contributed by atoms with Gasteiger partial charge in [0.25, 0.3) is 11.8 Å². The minimum Gasteiger partial charge on any atom is -0.356 e. The number of carbonyl (C=O) groups excluding carboxylic acids is 2. The standard InChI is InChI=1S/C35H31N5O7S2/c1-34(2)30(32(42)40(34)47-49(43,44)45)37-31(41)29(39-46-27-21-13-6-14-22-27)28-23-48-33(36-28)38-35(24-15-7-3-8-16-24,25-17-9-4-10-18-25)26-19-11-5-12-20-26/h3-23,30H,1-2H3,(H,36,38)(H,37,41)(H,43,44,45)/b39-29-/t30-/m1/s1. The van der Waals surface area contributed by atoms with Crippen molar-refractivity contribution in [3.8, 4) is 5.75 Å². The molecule has 1 atom stereocenters. The van der Waals surface area contributed by atoms with Crippen LogP contribution in [-0.2, 0) is 29.8 Å². The van der Waals surface area contributed by atoms with Gasteiger partial charge in [0.15, 0.2) is 16.6 Å². The van der Waals surface area contributed by atoms with Crippen LogP contribution in [0.25, 0.3) is 0 Å². The van der Waals surface area contributed by atoms with E-state index in [0.717, 1.165) is 16.7 Å². The predicted octanol–water partition coefficient (Wildman–Crippen LogP) is 5.17. The maximum atomic E-state index is 13.8. The number of hydrogen-bond donors (Lipinski definition) is 3. The average molecular weight is 698 g/mol. The summed E-state index contributed by atoms with van der Waals surface area (Å²) in [5, 5.41) is 13.0. The van der Waals surface area contributed by atoms with E-state index >= 15 is 0 Å². The van der Waals surface area contributed by atoms with Gasteiger partial charge in [-0.05, 0) is 42.7 Å². The molecule has 0 unspecified atom stereocenters. The van der Waals surface area contributed by atoms with Crippen LogP contribution in [0.3, 0.4) is 0 Å². The number of nitrogens with zero attached hydrogens (tertiary/aromatic N) is 3. The molecule has 5 aromatic rings. The Labute approximate surface area is 286 Å². The Morgan fingerprint density at radius 2 is 1.37 bits per heavy atom. The van der Waals surface area contributed by atoms with Gasteiger partial charge in [0.05, 0.1) is 5.54 Å². The Kier molecular flexibility index (Phi) is 9.30. The van der Waals surface area contributed by atoms with E-state index in [0.29, 0.717) is 15.9 Å². The first-order valence-corrected chi connectivity index (χ1v) is 17.3. The first-order chi connectivity index (χ1) is 23.5. The molecule has 1 aromatic heterocycles. The third-order valence-electron chi connectivity index (χ3n) is 7.98. The second-order valence-corrected chi connectivity index (χ2v) is 13.4. The smallest absolute Gasteiger partial charge is 0.356 e. The first kappa shape index (κ1) is 33.5. The lowest BCUT2D eigenvalue weighted by molar-refractivity contribution is -0.218. The Morgan fingerprint density at radius 1 is 0.878 bits per heavy atom. The predicted molar refractivity (Wildman–Crippen MR) is 184 cm³/mol. The summed E-state index contributed by atoms with van der Waals surface area (Å²) in [6, 6.07) is 37.2. The summed E-state index contributed by atoms with van der Waals surface area (Å²) >= 11 is 1.25. The lowest BCUT2D eigenvalue weighted by atomic mass is 9.77. The fraction of sp³-hybridized carbons (Fsp3) is 0.143. The van der Waals surface area contributed by atoms with Gasteiger partial charge in [-0.1, -0.05) is 114 Å². The molecule has 3 N–H and O–H groups in total. The SMILES string of the molecule is CC1(C)[C@H](NC(=O)/C(=N\Oc2ccccc2)c2csc(NC(c3ccccc3)(c3ccccc3)c3ccccc3)n2)C(=O)N1OS(=O)(=O)O. The molecule has 49 heavy (non-hydrogen) atoms. The van der Waals surface area contributed by atoms with E-state index in [9.17, 15) is 18.0 Å². The molecule has 12 nitrogen and oxygen atoms in total. The molecular formula is C35H31N5O7S2. The molecular weight excluding hydrogens is 667 g/mol. The monoisotopic (exact) mass is 697 g/mol. The van der Waals surface area contributed by atoms with E-state index in [1.165, 1.54) is 25.2 Å². The number of para-hydroxylation sites is 1. The Morgan fingerprint density at radius 3 is 1.84 bits per heavy atom. The molecule has 0 bridgehead atoms. The number of β-lactam (4-membered cyclic amide) rings is 1. The molecule has 1 fully saturated rings. The van der Waals surface area contributed by atoms with Crippen LogP contribution in [0.15, 0.2) is 132 Å². The molecule has 4 aromatic carbocycles. The average Bonchev–Trinajstić information content (AvgIpc) is 3.57. The Hall–Kier alpha value is -5.41. The molecule has 0 spiro atoms. The number of aromatic nitrogens is 1. The number of benzene rings is 4. The van der Waals surface area contributed by atoms with Crippen LogP contribution in [0.1, 0.15) is 36.2 Å². The topological polar surface area (TPSA) is 160 Å². The zero-order valence-electron chi connectivity index (χ0n) is 26.3. The number of amides is 2. The van der Waals surface area contributed by atoms with Crippen LogP contribution in [0.4, 0.5) is 5.13 Å². The van der Waals surface area contributed by atoms with Crippen LogP contribution in [-0.4, -0.2) is 52.1 Å².